The minimum atomic E-state index is -1.19. The van der Waals surface area contributed by atoms with Crippen LogP contribution in [0.15, 0.2) is 42.5 Å². The van der Waals surface area contributed by atoms with Gasteiger partial charge in [0.1, 0.15) is 11.2 Å². The van der Waals surface area contributed by atoms with Crippen molar-refractivity contribution in [2.45, 2.75) is 40.5 Å². The van der Waals surface area contributed by atoms with Gasteiger partial charge in [0.25, 0.3) is 0 Å². The van der Waals surface area contributed by atoms with Crippen molar-refractivity contribution in [3.8, 4) is 5.75 Å². The number of ether oxygens (including phenoxy) is 1. The molecule has 2 aromatic carbocycles. The number of hydrogen-bond acceptors (Lipinski definition) is 3. The topological polar surface area (TPSA) is 67.4 Å². The fraction of sp³-hybridized carbons (Fsp3) is 0.391. The molecular formula is C23H30N2O3. The van der Waals surface area contributed by atoms with E-state index in [2.05, 4.69) is 10.6 Å². The number of anilines is 1. The highest BCUT2D eigenvalue weighted by Crippen LogP contribution is 2.25. The summed E-state index contributed by atoms with van der Waals surface area (Å²) in [5, 5.41) is 5.83. The van der Waals surface area contributed by atoms with Crippen LogP contribution in [0.3, 0.4) is 0 Å². The molecule has 0 aliphatic heterocycles. The summed E-state index contributed by atoms with van der Waals surface area (Å²) in [6, 6.07) is 13.6. The van der Waals surface area contributed by atoms with Gasteiger partial charge in [-0.05, 0) is 56.4 Å². The van der Waals surface area contributed by atoms with Gasteiger partial charge in [-0.15, -0.1) is 0 Å². The Morgan fingerprint density at radius 1 is 1.00 bits per heavy atom. The molecule has 2 aromatic rings. The molecule has 2 N–H and O–H groups in total. The van der Waals surface area contributed by atoms with E-state index in [0.717, 1.165) is 34.5 Å². The normalized spacial score (nSPS) is 11.0. The first-order valence-electron chi connectivity index (χ1n) is 9.61. The Hall–Kier alpha value is -2.82. The first-order chi connectivity index (χ1) is 13.3. The number of para-hydroxylation sites is 2. The zero-order chi connectivity index (χ0) is 20.7. The average molecular weight is 383 g/mol. The number of rotatable bonds is 8. The van der Waals surface area contributed by atoms with E-state index in [1.165, 1.54) is 0 Å². The van der Waals surface area contributed by atoms with E-state index in [4.69, 9.17) is 4.74 Å². The molecule has 0 aromatic heterocycles. The van der Waals surface area contributed by atoms with Crippen molar-refractivity contribution in [2.75, 3.05) is 19.0 Å². The van der Waals surface area contributed by atoms with Crippen molar-refractivity contribution >= 4 is 17.5 Å². The third kappa shape index (κ3) is 4.91. The molecule has 5 nitrogen and oxygen atoms in total. The van der Waals surface area contributed by atoms with E-state index >= 15 is 0 Å². The molecule has 2 amide bonds. The second-order valence-corrected chi connectivity index (χ2v) is 7.36. The summed E-state index contributed by atoms with van der Waals surface area (Å²) in [5.74, 6) is 0.179. The molecule has 0 saturated heterocycles. The summed E-state index contributed by atoms with van der Waals surface area (Å²) in [4.78, 5) is 25.5. The van der Waals surface area contributed by atoms with Gasteiger partial charge >= 0.3 is 0 Å². The standard InChI is InChI=1S/C23H30N2O3/c1-6-17-12-9-10-16(2)20(17)25-22(27)23(3,4)21(26)24-15-14-18-11-7-8-13-19(18)28-5/h7-13H,6,14-15H2,1-5H3,(H,24,26)(H,25,27). The molecule has 28 heavy (non-hydrogen) atoms. The number of benzene rings is 2. The van der Waals surface area contributed by atoms with E-state index in [-0.39, 0.29) is 11.8 Å². The molecule has 0 spiro atoms. The lowest BCUT2D eigenvalue weighted by Gasteiger charge is -2.24. The van der Waals surface area contributed by atoms with Crippen molar-refractivity contribution in [3.05, 3.63) is 59.2 Å². The largest absolute Gasteiger partial charge is 0.496 e. The van der Waals surface area contributed by atoms with Gasteiger partial charge in [-0.3, -0.25) is 9.59 Å². The number of amides is 2. The molecule has 0 bridgehead atoms. The third-order valence-electron chi connectivity index (χ3n) is 4.99. The van der Waals surface area contributed by atoms with Crippen LogP contribution in [0.1, 0.15) is 37.5 Å². The zero-order valence-electron chi connectivity index (χ0n) is 17.4. The van der Waals surface area contributed by atoms with E-state index in [0.29, 0.717) is 13.0 Å². The molecule has 150 valence electrons. The summed E-state index contributed by atoms with van der Waals surface area (Å²) in [7, 11) is 1.63. The highest BCUT2D eigenvalue weighted by molar-refractivity contribution is 6.10. The monoisotopic (exact) mass is 382 g/mol. The predicted molar refractivity (Wildman–Crippen MR) is 113 cm³/mol. The van der Waals surface area contributed by atoms with Crippen molar-refractivity contribution in [1.82, 2.24) is 5.32 Å². The van der Waals surface area contributed by atoms with Gasteiger partial charge in [0.15, 0.2) is 0 Å². The van der Waals surface area contributed by atoms with Crippen LogP contribution in [0.5, 0.6) is 5.75 Å². The van der Waals surface area contributed by atoms with E-state index in [9.17, 15) is 9.59 Å². The van der Waals surface area contributed by atoms with Crippen LogP contribution >= 0.6 is 0 Å². The van der Waals surface area contributed by atoms with E-state index < -0.39 is 5.41 Å². The molecule has 0 aliphatic carbocycles. The SMILES string of the molecule is CCc1cccc(C)c1NC(=O)C(C)(C)C(=O)NCCc1ccccc1OC. The summed E-state index contributed by atoms with van der Waals surface area (Å²) < 4.78 is 5.33. The van der Waals surface area contributed by atoms with Gasteiger partial charge in [-0.1, -0.05) is 43.3 Å². The van der Waals surface area contributed by atoms with Crippen molar-refractivity contribution in [2.24, 2.45) is 5.41 Å². The highest BCUT2D eigenvalue weighted by Gasteiger charge is 2.36. The minimum Gasteiger partial charge on any atom is -0.496 e. The van der Waals surface area contributed by atoms with Crippen LogP contribution < -0.4 is 15.4 Å². The number of carbonyl (C=O) groups is 2. The Labute approximate surface area is 167 Å². The molecule has 0 aliphatic rings. The van der Waals surface area contributed by atoms with Gasteiger partial charge < -0.3 is 15.4 Å². The lowest BCUT2D eigenvalue weighted by Crippen LogP contribution is -2.45. The molecule has 5 heteroatoms. The lowest BCUT2D eigenvalue weighted by molar-refractivity contribution is -0.138. The Bertz CT molecular complexity index is 843. The maximum Gasteiger partial charge on any atom is 0.239 e. The first-order valence-corrected chi connectivity index (χ1v) is 9.61. The molecule has 0 radical (unpaired) electrons. The maximum absolute atomic E-state index is 12.8. The Morgan fingerprint density at radius 2 is 1.68 bits per heavy atom. The summed E-state index contributed by atoms with van der Waals surface area (Å²) in [6.45, 7) is 7.71. The van der Waals surface area contributed by atoms with Gasteiger partial charge in [-0.25, -0.2) is 0 Å². The summed E-state index contributed by atoms with van der Waals surface area (Å²) in [6.07, 6.45) is 1.44. The van der Waals surface area contributed by atoms with Crippen LogP contribution in [-0.2, 0) is 22.4 Å². The molecule has 0 heterocycles. The van der Waals surface area contributed by atoms with Crippen LogP contribution in [0, 0.1) is 12.3 Å². The van der Waals surface area contributed by atoms with Gasteiger partial charge in [0.05, 0.1) is 7.11 Å². The summed E-state index contributed by atoms with van der Waals surface area (Å²) in [5.41, 5.74) is 2.67. The highest BCUT2D eigenvalue weighted by atomic mass is 16.5. The number of methoxy groups -OCH3 is 1. The quantitative estimate of drug-likeness (QED) is 0.681. The molecular weight excluding hydrogens is 352 g/mol. The van der Waals surface area contributed by atoms with Gasteiger partial charge in [0, 0.05) is 12.2 Å². The zero-order valence-corrected chi connectivity index (χ0v) is 17.4. The number of hydrogen-bond donors (Lipinski definition) is 2. The van der Waals surface area contributed by atoms with Crippen LogP contribution in [0.25, 0.3) is 0 Å². The Kier molecular flexibility index (Phi) is 7.21. The molecule has 0 unspecified atom stereocenters. The second kappa shape index (κ2) is 9.40. The minimum absolute atomic E-state index is 0.300. The second-order valence-electron chi connectivity index (χ2n) is 7.36. The maximum atomic E-state index is 12.8. The smallest absolute Gasteiger partial charge is 0.239 e. The van der Waals surface area contributed by atoms with E-state index in [1.807, 2.05) is 56.3 Å². The van der Waals surface area contributed by atoms with Crippen molar-refractivity contribution < 1.29 is 14.3 Å². The molecule has 2 rings (SSSR count). The molecule has 0 saturated carbocycles. The number of nitrogens with one attached hydrogen (secondary N) is 2. The first kappa shape index (κ1) is 21.5. The predicted octanol–water partition coefficient (Wildman–Crippen LogP) is 3.89. The van der Waals surface area contributed by atoms with Crippen LogP contribution in [0.2, 0.25) is 0 Å². The van der Waals surface area contributed by atoms with Gasteiger partial charge in [-0.2, -0.15) is 0 Å². The summed E-state index contributed by atoms with van der Waals surface area (Å²) >= 11 is 0. The molecule has 0 atom stereocenters. The number of aryl methyl sites for hydroxylation is 2. The average Bonchev–Trinajstić information content (AvgIpc) is 2.69. The fourth-order valence-electron chi connectivity index (χ4n) is 3.02. The van der Waals surface area contributed by atoms with Crippen molar-refractivity contribution in [1.29, 1.82) is 0 Å². The Morgan fingerprint density at radius 3 is 2.36 bits per heavy atom. The van der Waals surface area contributed by atoms with Crippen molar-refractivity contribution in [3.63, 3.8) is 0 Å². The van der Waals surface area contributed by atoms with E-state index in [1.54, 1.807) is 21.0 Å². The van der Waals surface area contributed by atoms with Crippen LogP contribution in [0.4, 0.5) is 5.69 Å². The third-order valence-corrected chi connectivity index (χ3v) is 4.99. The molecule has 0 fully saturated rings. The fourth-order valence-corrected chi connectivity index (χ4v) is 3.02. The Balaban J connectivity index is 2.01. The van der Waals surface area contributed by atoms with Gasteiger partial charge in [0.2, 0.25) is 11.8 Å². The van der Waals surface area contributed by atoms with Crippen LogP contribution in [-0.4, -0.2) is 25.5 Å². The lowest BCUT2D eigenvalue weighted by atomic mass is 9.90. The number of carbonyl (C=O) groups excluding carboxylic acids is 2.